The Hall–Kier alpha value is -1.89. The van der Waals surface area contributed by atoms with Crippen LogP contribution >= 0.6 is 0 Å². The molecule has 1 aliphatic rings. The molecular weight excluding hydrogens is 406 g/mol. The van der Waals surface area contributed by atoms with Crippen LogP contribution in [0, 0.1) is 11.8 Å². The third kappa shape index (κ3) is 9.31. The number of esters is 1. The minimum Gasteiger partial charge on any atom is -0.463 e. The van der Waals surface area contributed by atoms with Crippen molar-refractivity contribution >= 4 is 17.8 Å². The van der Waals surface area contributed by atoms with E-state index < -0.39 is 5.54 Å². The molecule has 0 bridgehead atoms. The van der Waals surface area contributed by atoms with Crippen LogP contribution in [-0.2, 0) is 19.1 Å². The SMILES string of the molecule is CC(C)C.CCOC(=O)/C(C)=C/[C@H](C(C)C)N(C)C(=O)CNC(=O)C1(N(C)C)CCCC1. The predicted molar refractivity (Wildman–Crippen MR) is 130 cm³/mol. The van der Waals surface area contributed by atoms with Gasteiger partial charge >= 0.3 is 5.97 Å². The molecular formula is C25H47N3O4. The second-order valence-corrected chi connectivity index (χ2v) is 9.86. The van der Waals surface area contributed by atoms with Crippen LogP contribution in [0.25, 0.3) is 0 Å². The highest BCUT2D eigenvalue weighted by molar-refractivity contribution is 5.91. The molecule has 0 radical (unpaired) electrons. The van der Waals surface area contributed by atoms with Crippen LogP contribution in [0.5, 0.6) is 0 Å². The third-order valence-electron chi connectivity index (χ3n) is 5.65. The first-order valence-electron chi connectivity index (χ1n) is 11.9. The highest BCUT2D eigenvalue weighted by atomic mass is 16.5. The van der Waals surface area contributed by atoms with Crippen molar-refractivity contribution in [2.75, 3.05) is 34.3 Å². The van der Waals surface area contributed by atoms with Crippen molar-refractivity contribution < 1.29 is 19.1 Å². The highest BCUT2D eigenvalue weighted by Crippen LogP contribution is 2.33. The fourth-order valence-corrected chi connectivity index (χ4v) is 3.77. The van der Waals surface area contributed by atoms with E-state index in [0.717, 1.165) is 31.6 Å². The van der Waals surface area contributed by atoms with Crippen LogP contribution in [0.15, 0.2) is 11.6 Å². The number of ether oxygens (including phenoxy) is 1. The van der Waals surface area contributed by atoms with Crippen LogP contribution in [0.4, 0.5) is 0 Å². The minimum atomic E-state index is -0.517. The van der Waals surface area contributed by atoms with Crippen molar-refractivity contribution in [2.24, 2.45) is 11.8 Å². The molecule has 186 valence electrons. The van der Waals surface area contributed by atoms with Crippen molar-refractivity contribution in [1.82, 2.24) is 15.1 Å². The molecule has 1 fully saturated rings. The average Bonchev–Trinajstić information content (AvgIpc) is 3.20. The van der Waals surface area contributed by atoms with Crippen molar-refractivity contribution in [3.05, 3.63) is 11.6 Å². The Labute approximate surface area is 195 Å². The molecule has 2 amide bonds. The van der Waals surface area contributed by atoms with Crippen molar-refractivity contribution in [2.45, 2.75) is 85.7 Å². The molecule has 0 aliphatic heterocycles. The molecule has 7 nitrogen and oxygen atoms in total. The van der Waals surface area contributed by atoms with Gasteiger partial charge in [0.15, 0.2) is 0 Å². The highest BCUT2D eigenvalue weighted by Gasteiger charge is 2.43. The molecule has 1 atom stereocenters. The normalized spacial score (nSPS) is 16.5. The van der Waals surface area contributed by atoms with Gasteiger partial charge in [-0.05, 0) is 52.6 Å². The van der Waals surface area contributed by atoms with Gasteiger partial charge in [-0.15, -0.1) is 0 Å². The van der Waals surface area contributed by atoms with Gasteiger partial charge in [-0.2, -0.15) is 0 Å². The van der Waals surface area contributed by atoms with Gasteiger partial charge in [0.1, 0.15) is 0 Å². The fraction of sp³-hybridized carbons (Fsp3) is 0.800. The zero-order valence-electron chi connectivity index (χ0n) is 22.1. The Morgan fingerprint density at radius 3 is 1.94 bits per heavy atom. The maximum absolute atomic E-state index is 12.8. The van der Waals surface area contributed by atoms with Gasteiger partial charge < -0.3 is 15.0 Å². The molecule has 0 unspecified atom stereocenters. The van der Waals surface area contributed by atoms with E-state index in [2.05, 4.69) is 26.1 Å². The van der Waals surface area contributed by atoms with E-state index in [4.69, 9.17) is 4.74 Å². The second kappa shape index (κ2) is 14.3. The Morgan fingerprint density at radius 1 is 1.03 bits per heavy atom. The molecule has 0 aromatic carbocycles. The molecule has 0 aromatic rings. The lowest BCUT2D eigenvalue weighted by atomic mass is 9.95. The topological polar surface area (TPSA) is 79.0 Å². The van der Waals surface area contributed by atoms with Gasteiger partial charge in [0, 0.05) is 12.6 Å². The zero-order valence-corrected chi connectivity index (χ0v) is 22.1. The predicted octanol–water partition coefficient (Wildman–Crippen LogP) is 3.63. The van der Waals surface area contributed by atoms with Crippen molar-refractivity contribution in [1.29, 1.82) is 0 Å². The van der Waals surface area contributed by atoms with Gasteiger partial charge in [0.05, 0.1) is 24.7 Å². The maximum atomic E-state index is 12.8. The van der Waals surface area contributed by atoms with Gasteiger partial charge in [0.25, 0.3) is 0 Å². The summed E-state index contributed by atoms with van der Waals surface area (Å²) in [4.78, 5) is 40.9. The summed E-state index contributed by atoms with van der Waals surface area (Å²) in [5, 5.41) is 2.83. The molecule has 0 spiro atoms. The van der Waals surface area contributed by atoms with E-state index in [-0.39, 0.29) is 36.3 Å². The lowest BCUT2D eigenvalue weighted by Gasteiger charge is -2.35. The molecule has 1 saturated carbocycles. The number of nitrogens with zero attached hydrogens (tertiary/aromatic N) is 2. The number of nitrogens with one attached hydrogen (secondary N) is 1. The number of carbonyl (C=O) groups is 3. The summed E-state index contributed by atoms with van der Waals surface area (Å²) in [5.41, 5.74) is -0.0433. The monoisotopic (exact) mass is 453 g/mol. The molecule has 1 aliphatic carbocycles. The average molecular weight is 454 g/mol. The van der Waals surface area contributed by atoms with Gasteiger partial charge in [-0.1, -0.05) is 53.5 Å². The summed E-state index contributed by atoms with van der Waals surface area (Å²) in [6, 6.07) is -0.261. The summed E-state index contributed by atoms with van der Waals surface area (Å²) in [6.45, 7) is 14.2. The number of likely N-dealkylation sites (N-methyl/N-ethyl adjacent to an activating group) is 2. The van der Waals surface area contributed by atoms with E-state index in [0.29, 0.717) is 12.2 Å². The van der Waals surface area contributed by atoms with E-state index >= 15 is 0 Å². The lowest BCUT2D eigenvalue weighted by Crippen LogP contribution is -2.56. The Kier molecular flexibility index (Phi) is 13.5. The smallest absolute Gasteiger partial charge is 0.333 e. The number of rotatable bonds is 9. The molecule has 7 heteroatoms. The van der Waals surface area contributed by atoms with Crippen molar-refractivity contribution in [3.63, 3.8) is 0 Å². The van der Waals surface area contributed by atoms with Crippen LogP contribution in [0.3, 0.4) is 0 Å². The van der Waals surface area contributed by atoms with E-state index in [1.807, 2.05) is 32.8 Å². The Morgan fingerprint density at radius 2 is 1.53 bits per heavy atom. The van der Waals surface area contributed by atoms with E-state index in [9.17, 15) is 14.4 Å². The van der Waals surface area contributed by atoms with Crippen LogP contribution in [0.2, 0.25) is 0 Å². The number of hydrogen-bond donors (Lipinski definition) is 1. The summed E-state index contributed by atoms with van der Waals surface area (Å²) in [5.74, 6) is 0.288. The Balaban J connectivity index is 0.00000220. The van der Waals surface area contributed by atoms with E-state index in [1.54, 1.807) is 31.9 Å². The first-order valence-corrected chi connectivity index (χ1v) is 11.9. The molecule has 1 N–H and O–H groups in total. The number of carbonyl (C=O) groups excluding carboxylic acids is 3. The third-order valence-corrected chi connectivity index (χ3v) is 5.65. The van der Waals surface area contributed by atoms with E-state index in [1.165, 1.54) is 0 Å². The summed E-state index contributed by atoms with van der Waals surface area (Å²) in [7, 11) is 5.53. The molecule has 1 rings (SSSR count). The first-order chi connectivity index (χ1) is 14.8. The van der Waals surface area contributed by atoms with Crippen LogP contribution in [0.1, 0.15) is 74.1 Å². The summed E-state index contributed by atoms with van der Waals surface area (Å²) < 4.78 is 5.02. The summed E-state index contributed by atoms with van der Waals surface area (Å²) >= 11 is 0. The van der Waals surface area contributed by atoms with Crippen molar-refractivity contribution in [3.8, 4) is 0 Å². The fourth-order valence-electron chi connectivity index (χ4n) is 3.77. The second-order valence-electron chi connectivity index (χ2n) is 9.86. The van der Waals surface area contributed by atoms with Gasteiger partial charge in [-0.3, -0.25) is 14.5 Å². The standard InChI is InChI=1S/C21H37N3O4.C4H10/c1-8-28-19(26)16(4)13-17(15(2)3)24(7)18(25)14-22-20(27)21(23(5)6)11-9-10-12-21;1-4(2)3/h13,15,17H,8-12,14H2,1-7H3,(H,22,27);4H,1-3H3/b16-13+;/t17-;/m1./s1. The first kappa shape index (κ1) is 30.1. The zero-order chi connectivity index (χ0) is 25.1. The van der Waals surface area contributed by atoms with Gasteiger partial charge in [-0.25, -0.2) is 4.79 Å². The van der Waals surface area contributed by atoms with Crippen LogP contribution in [-0.4, -0.2) is 73.5 Å². The quantitative estimate of drug-likeness (QED) is 0.426. The maximum Gasteiger partial charge on any atom is 0.333 e. The molecule has 0 heterocycles. The Bertz CT molecular complexity index is 632. The minimum absolute atomic E-state index is 0.0551. The molecule has 0 aromatic heterocycles. The number of amides is 2. The lowest BCUT2D eigenvalue weighted by molar-refractivity contribution is -0.138. The molecule has 0 saturated heterocycles. The largest absolute Gasteiger partial charge is 0.463 e. The molecule has 32 heavy (non-hydrogen) atoms. The number of hydrogen-bond acceptors (Lipinski definition) is 5. The van der Waals surface area contributed by atoms with Gasteiger partial charge in [0.2, 0.25) is 11.8 Å². The van der Waals surface area contributed by atoms with Crippen LogP contribution < -0.4 is 5.32 Å². The summed E-state index contributed by atoms with van der Waals surface area (Å²) in [6.07, 6.45) is 5.43.